The molecular weight excluding hydrogens is 515 g/mol. The lowest BCUT2D eigenvalue weighted by atomic mass is 10.1. The highest BCUT2D eigenvalue weighted by atomic mass is 35.5. The molecule has 36 heavy (non-hydrogen) atoms. The molecule has 1 amide bonds. The van der Waals surface area contributed by atoms with Crippen LogP contribution in [0.5, 0.6) is 5.75 Å². The fraction of sp³-hybridized carbons (Fsp3) is 0.227. The number of carbonyl (C=O) groups is 1. The summed E-state index contributed by atoms with van der Waals surface area (Å²) in [5.41, 5.74) is -2.80. The van der Waals surface area contributed by atoms with Crippen LogP contribution in [0.3, 0.4) is 0 Å². The fourth-order valence-corrected chi connectivity index (χ4v) is 3.33. The number of hydrogen-bond donors (Lipinski definition) is 2. The Hall–Kier alpha value is -3.71. The van der Waals surface area contributed by atoms with Crippen LogP contribution in [0.1, 0.15) is 16.2 Å². The van der Waals surface area contributed by atoms with Gasteiger partial charge in [0.25, 0.3) is 12.3 Å². The van der Waals surface area contributed by atoms with Gasteiger partial charge in [0, 0.05) is 12.6 Å². The van der Waals surface area contributed by atoms with Crippen LogP contribution in [0, 0.1) is 11.6 Å². The Morgan fingerprint density at radius 1 is 1.28 bits per heavy atom. The van der Waals surface area contributed by atoms with Crippen molar-refractivity contribution in [1.82, 2.24) is 14.3 Å². The summed E-state index contributed by atoms with van der Waals surface area (Å²) in [4.78, 5) is 25.5. The largest absolute Gasteiger partial charge is 0.481 e. The Morgan fingerprint density at radius 3 is 2.58 bits per heavy atom. The van der Waals surface area contributed by atoms with E-state index in [4.69, 9.17) is 16.3 Å². The van der Waals surface area contributed by atoms with Gasteiger partial charge in [-0.25, -0.2) is 26.7 Å². The van der Waals surface area contributed by atoms with E-state index in [1.807, 2.05) is 0 Å². The molecule has 0 spiro atoms. The minimum atomic E-state index is -3.34. The number of aliphatic hydroxyl groups excluding tert-OH is 1. The molecule has 14 heteroatoms. The minimum absolute atomic E-state index is 0.0983. The molecule has 1 heterocycles. The van der Waals surface area contributed by atoms with Crippen LogP contribution in [0.25, 0.3) is 5.69 Å². The molecule has 3 rings (SSSR count). The highest BCUT2D eigenvalue weighted by molar-refractivity contribution is 6.34. The number of carbonyl (C=O) groups excluding carboxylic acids is 1. The highest BCUT2D eigenvalue weighted by Gasteiger charge is 2.28. The van der Waals surface area contributed by atoms with Crippen LogP contribution in [-0.4, -0.2) is 44.6 Å². The number of halogens is 6. The van der Waals surface area contributed by atoms with E-state index < -0.39 is 71.7 Å². The average molecular weight is 533 g/mol. The van der Waals surface area contributed by atoms with Crippen molar-refractivity contribution in [2.24, 2.45) is 0 Å². The van der Waals surface area contributed by atoms with Crippen molar-refractivity contribution in [3.63, 3.8) is 0 Å². The maximum absolute atomic E-state index is 15.1. The minimum Gasteiger partial charge on any atom is -0.481 e. The van der Waals surface area contributed by atoms with E-state index in [0.29, 0.717) is 16.8 Å². The van der Waals surface area contributed by atoms with Crippen LogP contribution in [0.15, 0.2) is 47.8 Å². The number of rotatable bonds is 10. The topological polar surface area (TPSA) is 98.4 Å². The van der Waals surface area contributed by atoms with Gasteiger partial charge in [0.1, 0.15) is 36.4 Å². The van der Waals surface area contributed by atoms with Crippen molar-refractivity contribution in [3.8, 4) is 11.4 Å². The van der Waals surface area contributed by atoms with E-state index in [0.717, 1.165) is 10.6 Å². The molecule has 0 saturated heterocycles. The van der Waals surface area contributed by atoms with Gasteiger partial charge >= 0.3 is 5.69 Å². The lowest BCUT2D eigenvalue weighted by Gasteiger charge is -2.19. The summed E-state index contributed by atoms with van der Waals surface area (Å²) >= 11 is 5.87. The van der Waals surface area contributed by atoms with Crippen molar-refractivity contribution in [1.29, 1.82) is 0 Å². The first-order chi connectivity index (χ1) is 17.1. The summed E-state index contributed by atoms with van der Waals surface area (Å²) in [5.74, 6) is -4.34. The number of aromatic nitrogens is 3. The van der Waals surface area contributed by atoms with Gasteiger partial charge in [0.2, 0.25) is 0 Å². The molecule has 0 radical (unpaired) electrons. The number of amides is 1. The van der Waals surface area contributed by atoms with E-state index in [1.54, 1.807) is 0 Å². The number of nitrogens with zero attached hydrogens (tertiary/aromatic N) is 3. The van der Waals surface area contributed by atoms with E-state index >= 15 is 4.39 Å². The summed E-state index contributed by atoms with van der Waals surface area (Å²) in [5, 5.41) is 15.1. The Labute approximate surface area is 205 Å². The summed E-state index contributed by atoms with van der Waals surface area (Å²) in [6.45, 7) is 0.983. The number of nitrogens with one attached hydrogen (secondary N) is 1. The summed E-state index contributed by atoms with van der Waals surface area (Å²) in [6.07, 6.45) is -4.38. The lowest BCUT2D eigenvalue weighted by Crippen LogP contribution is -2.29. The van der Waals surface area contributed by atoms with E-state index in [-0.39, 0.29) is 17.4 Å². The maximum Gasteiger partial charge on any atom is 0.351 e. The zero-order valence-electron chi connectivity index (χ0n) is 18.2. The van der Waals surface area contributed by atoms with Crippen LogP contribution in [0.2, 0.25) is 5.02 Å². The molecule has 2 N–H and O–H groups in total. The first-order valence-corrected chi connectivity index (χ1v) is 10.5. The molecule has 0 aliphatic rings. The summed E-state index contributed by atoms with van der Waals surface area (Å²) < 4.78 is 75.2. The number of ether oxygens (including phenoxy) is 1. The number of hydrogen-bond acceptors (Lipinski definition) is 5. The van der Waals surface area contributed by atoms with Crippen LogP contribution >= 0.6 is 11.6 Å². The molecule has 0 aliphatic heterocycles. The molecule has 0 bridgehead atoms. The Bertz CT molecular complexity index is 1320. The standard InChI is InChI=1S/C22H18ClF5N4O4/c1-2-6-31-18(10-33)30-32(22(31)35)15-8-16(36-17(9-24)20(27)28)11(7-14(15)26)21(34)29-19-12(23)4-3-5-13(19)25/h2-5,7-8,17,20,33H,1,6,9-10H2,(H,29,34)/t17-/m0/s1. The first-order valence-electron chi connectivity index (χ1n) is 10.1. The predicted octanol–water partition coefficient (Wildman–Crippen LogP) is 3.88. The molecular formula is C22H18ClF5N4O4. The second-order valence-electron chi connectivity index (χ2n) is 7.16. The summed E-state index contributed by atoms with van der Waals surface area (Å²) in [7, 11) is 0. The van der Waals surface area contributed by atoms with Crippen LogP contribution in [0.4, 0.5) is 27.6 Å². The van der Waals surface area contributed by atoms with Crippen molar-refractivity contribution in [2.75, 3.05) is 12.0 Å². The van der Waals surface area contributed by atoms with Crippen LogP contribution < -0.4 is 15.7 Å². The van der Waals surface area contributed by atoms with Crippen molar-refractivity contribution < 1.29 is 36.6 Å². The Morgan fingerprint density at radius 2 is 2.00 bits per heavy atom. The quantitative estimate of drug-likeness (QED) is 0.305. The smallest absolute Gasteiger partial charge is 0.351 e. The second kappa shape index (κ2) is 11.4. The highest BCUT2D eigenvalue weighted by Crippen LogP contribution is 2.30. The van der Waals surface area contributed by atoms with Gasteiger partial charge in [-0.15, -0.1) is 11.7 Å². The van der Waals surface area contributed by atoms with Crippen molar-refractivity contribution in [3.05, 3.63) is 81.5 Å². The molecule has 2 aromatic carbocycles. The zero-order chi connectivity index (χ0) is 26.6. The van der Waals surface area contributed by atoms with Gasteiger partial charge in [-0.3, -0.25) is 9.36 Å². The average Bonchev–Trinajstić information content (AvgIpc) is 3.15. The first kappa shape index (κ1) is 26.9. The number of para-hydroxylation sites is 1. The van der Waals surface area contributed by atoms with Crippen molar-refractivity contribution in [2.45, 2.75) is 25.7 Å². The van der Waals surface area contributed by atoms with Crippen LogP contribution in [-0.2, 0) is 13.2 Å². The van der Waals surface area contributed by atoms with E-state index in [2.05, 4.69) is 17.0 Å². The Balaban J connectivity index is 2.16. The normalized spacial score (nSPS) is 12.0. The van der Waals surface area contributed by atoms with Gasteiger partial charge in [0.05, 0.1) is 16.3 Å². The molecule has 1 atom stereocenters. The molecule has 8 nitrogen and oxygen atoms in total. The van der Waals surface area contributed by atoms with Crippen molar-refractivity contribution >= 4 is 23.2 Å². The van der Waals surface area contributed by atoms with Gasteiger partial charge in [-0.05, 0) is 18.2 Å². The molecule has 1 aromatic heterocycles. The zero-order valence-corrected chi connectivity index (χ0v) is 19.0. The monoisotopic (exact) mass is 532 g/mol. The third-order valence-corrected chi connectivity index (χ3v) is 5.14. The van der Waals surface area contributed by atoms with Gasteiger partial charge in [0.15, 0.2) is 11.9 Å². The number of allylic oxidation sites excluding steroid dienone is 1. The second-order valence-corrected chi connectivity index (χ2v) is 7.57. The van der Waals surface area contributed by atoms with Gasteiger partial charge in [-0.2, -0.15) is 4.68 Å². The fourth-order valence-electron chi connectivity index (χ4n) is 3.11. The maximum atomic E-state index is 15.1. The third kappa shape index (κ3) is 5.41. The number of benzene rings is 2. The van der Waals surface area contributed by atoms with E-state index in [1.165, 1.54) is 18.2 Å². The SMILES string of the molecule is C=CCn1c(CO)nn(-c2cc(O[C@@H](CF)C(F)F)c(C(=O)Nc3c(F)cccc3Cl)cc2F)c1=O. The van der Waals surface area contributed by atoms with E-state index in [9.17, 15) is 32.3 Å². The number of alkyl halides is 3. The molecule has 192 valence electrons. The Kier molecular flexibility index (Phi) is 8.48. The van der Waals surface area contributed by atoms with Gasteiger partial charge < -0.3 is 15.2 Å². The molecule has 0 fully saturated rings. The molecule has 0 saturated carbocycles. The molecule has 3 aromatic rings. The summed E-state index contributed by atoms with van der Waals surface area (Å²) in [6, 6.07) is 4.69. The number of anilines is 1. The number of aliphatic hydroxyl groups is 1. The predicted molar refractivity (Wildman–Crippen MR) is 120 cm³/mol. The molecule has 0 unspecified atom stereocenters. The molecule has 0 aliphatic carbocycles. The lowest BCUT2D eigenvalue weighted by molar-refractivity contribution is -0.00159. The third-order valence-electron chi connectivity index (χ3n) is 4.83. The van der Waals surface area contributed by atoms with Gasteiger partial charge in [-0.1, -0.05) is 23.7 Å².